The summed E-state index contributed by atoms with van der Waals surface area (Å²) in [5.74, 6) is -1.39. The van der Waals surface area contributed by atoms with E-state index in [1.807, 2.05) is 6.92 Å². The fourth-order valence-electron chi connectivity index (χ4n) is 1.71. The van der Waals surface area contributed by atoms with Gasteiger partial charge in [0.05, 0.1) is 10.7 Å². The Hall–Kier alpha value is -1.59. The van der Waals surface area contributed by atoms with E-state index in [2.05, 4.69) is 5.32 Å². The van der Waals surface area contributed by atoms with Crippen LogP contribution in [0.5, 0.6) is 0 Å². The molecule has 6 heteroatoms. The lowest BCUT2D eigenvalue weighted by Gasteiger charge is -2.12. The highest BCUT2D eigenvalue weighted by atomic mass is 35.5. The molecular formula is C13H16ClNO4. The smallest absolute Gasteiger partial charge is 0.339 e. The number of benzene rings is 1. The zero-order chi connectivity index (χ0) is 14.4. The summed E-state index contributed by atoms with van der Waals surface area (Å²) < 4.78 is 4.94. The molecule has 0 aliphatic rings. The van der Waals surface area contributed by atoms with Crippen molar-refractivity contribution in [2.75, 3.05) is 19.0 Å². The van der Waals surface area contributed by atoms with Crippen LogP contribution in [0.15, 0.2) is 18.2 Å². The third-order valence-corrected chi connectivity index (χ3v) is 2.80. The van der Waals surface area contributed by atoms with Gasteiger partial charge in [0, 0.05) is 20.1 Å². The number of carboxylic acids is 1. The normalized spacial score (nSPS) is 11.9. The lowest BCUT2D eigenvalue weighted by atomic mass is 10.1. The van der Waals surface area contributed by atoms with Crippen LogP contribution in [0.3, 0.4) is 0 Å². The van der Waals surface area contributed by atoms with Gasteiger partial charge in [0.25, 0.3) is 0 Å². The zero-order valence-corrected chi connectivity index (χ0v) is 11.5. The minimum absolute atomic E-state index is 0.0532. The third-order valence-electron chi connectivity index (χ3n) is 2.49. The summed E-state index contributed by atoms with van der Waals surface area (Å²) in [7, 11) is 1.56. The summed E-state index contributed by atoms with van der Waals surface area (Å²) in [5, 5.41) is 11.7. The van der Waals surface area contributed by atoms with Crippen molar-refractivity contribution in [3.63, 3.8) is 0 Å². The highest BCUT2D eigenvalue weighted by Crippen LogP contribution is 2.24. The molecule has 1 unspecified atom stereocenters. The molecule has 0 saturated carbocycles. The summed E-state index contributed by atoms with van der Waals surface area (Å²) >= 11 is 5.81. The van der Waals surface area contributed by atoms with Crippen LogP contribution in [-0.2, 0) is 9.53 Å². The van der Waals surface area contributed by atoms with Gasteiger partial charge in [0.2, 0.25) is 5.91 Å². The van der Waals surface area contributed by atoms with E-state index < -0.39 is 5.97 Å². The summed E-state index contributed by atoms with van der Waals surface area (Å²) in [6.45, 7) is 2.34. The number of amides is 1. The average molecular weight is 286 g/mol. The van der Waals surface area contributed by atoms with Crippen LogP contribution in [0.1, 0.15) is 23.7 Å². The van der Waals surface area contributed by atoms with Crippen molar-refractivity contribution >= 4 is 29.2 Å². The first-order chi connectivity index (χ1) is 8.95. The van der Waals surface area contributed by atoms with Crippen LogP contribution in [0.2, 0.25) is 5.02 Å². The quantitative estimate of drug-likeness (QED) is 0.842. The van der Waals surface area contributed by atoms with Gasteiger partial charge in [-0.1, -0.05) is 24.6 Å². The lowest BCUT2D eigenvalue weighted by molar-refractivity contribution is -0.117. The Labute approximate surface area is 116 Å². The molecule has 0 heterocycles. The van der Waals surface area contributed by atoms with Crippen LogP contribution in [0.25, 0.3) is 0 Å². The van der Waals surface area contributed by atoms with Crippen molar-refractivity contribution in [1.29, 1.82) is 0 Å². The molecule has 1 amide bonds. The number of anilines is 1. The molecule has 5 nitrogen and oxygen atoms in total. The summed E-state index contributed by atoms with van der Waals surface area (Å²) in [5.41, 5.74) is 0.103. The molecule has 104 valence electrons. The van der Waals surface area contributed by atoms with E-state index in [9.17, 15) is 9.59 Å². The number of halogens is 1. The van der Waals surface area contributed by atoms with Gasteiger partial charge in [-0.05, 0) is 18.1 Å². The molecule has 1 rings (SSSR count). The number of methoxy groups -OCH3 is 1. The van der Waals surface area contributed by atoms with Crippen LogP contribution in [0.4, 0.5) is 5.69 Å². The maximum Gasteiger partial charge on any atom is 0.339 e. The topological polar surface area (TPSA) is 75.6 Å². The minimum Gasteiger partial charge on any atom is -0.478 e. The molecule has 0 bridgehead atoms. The standard InChI is InChI=1S/C13H16ClNO4/c1-8(7-19-2)6-11(16)15-10-5-3-4-9(14)12(10)13(17)18/h3-5,8H,6-7H2,1-2H3,(H,15,16)(H,17,18). The van der Waals surface area contributed by atoms with Crippen LogP contribution in [0, 0.1) is 5.92 Å². The maximum absolute atomic E-state index is 11.8. The Kier molecular flexibility index (Phi) is 5.79. The van der Waals surface area contributed by atoms with E-state index in [0.29, 0.717) is 6.61 Å². The zero-order valence-electron chi connectivity index (χ0n) is 10.8. The molecular weight excluding hydrogens is 270 g/mol. The number of carboxylic acid groups (broad SMARTS) is 1. The van der Waals surface area contributed by atoms with Crippen LogP contribution in [-0.4, -0.2) is 30.7 Å². The fourth-order valence-corrected chi connectivity index (χ4v) is 1.96. The first-order valence-electron chi connectivity index (χ1n) is 5.76. The van der Waals surface area contributed by atoms with Gasteiger partial charge in [-0.15, -0.1) is 0 Å². The number of hydrogen-bond acceptors (Lipinski definition) is 3. The van der Waals surface area contributed by atoms with E-state index in [-0.39, 0.29) is 34.5 Å². The van der Waals surface area contributed by atoms with Crippen molar-refractivity contribution in [2.45, 2.75) is 13.3 Å². The minimum atomic E-state index is -1.18. The van der Waals surface area contributed by atoms with Gasteiger partial charge in [0.15, 0.2) is 0 Å². The molecule has 1 aromatic carbocycles. The van der Waals surface area contributed by atoms with Gasteiger partial charge < -0.3 is 15.2 Å². The van der Waals surface area contributed by atoms with Crippen LogP contribution >= 0.6 is 11.6 Å². The molecule has 0 radical (unpaired) electrons. The van der Waals surface area contributed by atoms with Crippen molar-refractivity contribution in [2.24, 2.45) is 5.92 Å². The summed E-state index contributed by atoms with van der Waals surface area (Å²) in [6.07, 6.45) is 0.249. The summed E-state index contributed by atoms with van der Waals surface area (Å²) in [4.78, 5) is 22.9. The predicted octanol–water partition coefficient (Wildman–Crippen LogP) is 2.65. The van der Waals surface area contributed by atoms with Gasteiger partial charge in [0.1, 0.15) is 5.56 Å². The Bertz CT molecular complexity index is 476. The van der Waals surface area contributed by atoms with E-state index in [1.165, 1.54) is 12.1 Å². The van der Waals surface area contributed by atoms with E-state index in [1.54, 1.807) is 13.2 Å². The van der Waals surface area contributed by atoms with Crippen molar-refractivity contribution < 1.29 is 19.4 Å². The van der Waals surface area contributed by atoms with Gasteiger partial charge in [-0.2, -0.15) is 0 Å². The Morgan fingerprint density at radius 1 is 1.47 bits per heavy atom. The second-order valence-electron chi connectivity index (χ2n) is 4.28. The first kappa shape index (κ1) is 15.5. The largest absolute Gasteiger partial charge is 0.478 e. The van der Waals surface area contributed by atoms with Gasteiger partial charge in [-0.25, -0.2) is 4.79 Å². The van der Waals surface area contributed by atoms with Crippen LogP contribution < -0.4 is 5.32 Å². The number of hydrogen-bond donors (Lipinski definition) is 2. The SMILES string of the molecule is COCC(C)CC(=O)Nc1cccc(Cl)c1C(=O)O. The second-order valence-corrected chi connectivity index (χ2v) is 4.69. The molecule has 1 aromatic rings. The van der Waals surface area contributed by atoms with Crippen molar-refractivity contribution in [1.82, 2.24) is 0 Å². The molecule has 0 aliphatic carbocycles. The highest BCUT2D eigenvalue weighted by Gasteiger charge is 2.17. The molecule has 1 atom stereocenters. The Balaban J connectivity index is 2.80. The number of ether oxygens (including phenoxy) is 1. The van der Waals surface area contributed by atoms with Gasteiger partial charge in [-0.3, -0.25) is 4.79 Å². The Morgan fingerprint density at radius 3 is 2.74 bits per heavy atom. The van der Waals surface area contributed by atoms with Crippen molar-refractivity contribution in [3.05, 3.63) is 28.8 Å². The number of aromatic carboxylic acids is 1. The number of carbonyl (C=O) groups is 2. The summed E-state index contributed by atoms with van der Waals surface area (Å²) in [6, 6.07) is 4.56. The molecule has 0 spiro atoms. The monoisotopic (exact) mass is 285 g/mol. The number of carbonyl (C=O) groups excluding carboxylic acids is 1. The molecule has 0 aromatic heterocycles. The lowest BCUT2D eigenvalue weighted by Crippen LogP contribution is -2.19. The number of rotatable bonds is 6. The van der Waals surface area contributed by atoms with E-state index >= 15 is 0 Å². The average Bonchev–Trinajstić information content (AvgIpc) is 2.28. The molecule has 0 aliphatic heterocycles. The third kappa shape index (κ3) is 4.54. The first-order valence-corrected chi connectivity index (χ1v) is 6.14. The Morgan fingerprint density at radius 2 is 2.16 bits per heavy atom. The maximum atomic E-state index is 11.8. The highest BCUT2D eigenvalue weighted by molar-refractivity contribution is 6.34. The van der Waals surface area contributed by atoms with E-state index in [4.69, 9.17) is 21.4 Å². The van der Waals surface area contributed by atoms with E-state index in [0.717, 1.165) is 0 Å². The second kappa shape index (κ2) is 7.11. The molecule has 0 saturated heterocycles. The van der Waals surface area contributed by atoms with Crippen molar-refractivity contribution in [3.8, 4) is 0 Å². The molecule has 2 N–H and O–H groups in total. The predicted molar refractivity (Wildman–Crippen MR) is 72.7 cm³/mol. The fraction of sp³-hybridized carbons (Fsp3) is 0.385. The van der Waals surface area contributed by atoms with Gasteiger partial charge >= 0.3 is 5.97 Å². The number of nitrogens with one attached hydrogen (secondary N) is 1. The molecule has 19 heavy (non-hydrogen) atoms. The molecule has 0 fully saturated rings.